The van der Waals surface area contributed by atoms with Crippen LogP contribution in [0, 0.1) is 0 Å². The number of nitrogens with one attached hydrogen (secondary N) is 1. The molecule has 0 bridgehead atoms. The van der Waals surface area contributed by atoms with Gasteiger partial charge < -0.3 is 5.32 Å². The molecule has 0 aliphatic heterocycles. The molecule has 5 heteroatoms. The van der Waals surface area contributed by atoms with Crippen LogP contribution in [0.2, 0.25) is 0 Å². The molecule has 14 heavy (non-hydrogen) atoms. The quantitative estimate of drug-likeness (QED) is 0.861. The molecule has 1 aromatic rings. The van der Waals surface area contributed by atoms with Crippen LogP contribution in [0.1, 0.15) is 17.3 Å². The molecular weight excluding hydrogens is 267 g/mol. The zero-order valence-electron chi connectivity index (χ0n) is 7.63. The Balaban J connectivity index is 2.65. The van der Waals surface area contributed by atoms with Crippen molar-refractivity contribution < 1.29 is 4.79 Å². The van der Waals surface area contributed by atoms with Gasteiger partial charge in [0.25, 0.3) is 5.91 Å². The van der Waals surface area contributed by atoms with Crippen LogP contribution in [0.15, 0.2) is 22.9 Å². The molecular formula is C9H10BrClN2O. The maximum atomic E-state index is 11.5. The highest BCUT2D eigenvalue weighted by Gasteiger charge is 2.09. The Morgan fingerprint density at radius 1 is 1.79 bits per heavy atom. The minimum absolute atomic E-state index is 0.0698. The summed E-state index contributed by atoms with van der Waals surface area (Å²) in [6.07, 6.45) is 3.16. The topological polar surface area (TPSA) is 42.0 Å². The van der Waals surface area contributed by atoms with E-state index in [9.17, 15) is 4.79 Å². The van der Waals surface area contributed by atoms with E-state index in [0.29, 0.717) is 16.6 Å². The van der Waals surface area contributed by atoms with Crippen LogP contribution in [-0.2, 0) is 0 Å². The van der Waals surface area contributed by atoms with E-state index >= 15 is 0 Å². The molecule has 3 nitrogen and oxygen atoms in total. The van der Waals surface area contributed by atoms with Crippen LogP contribution in [0.3, 0.4) is 0 Å². The van der Waals surface area contributed by atoms with Crippen molar-refractivity contribution in [2.75, 3.05) is 6.54 Å². The summed E-state index contributed by atoms with van der Waals surface area (Å²) in [5.41, 5.74) is 0.567. The lowest BCUT2D eigenvalue weighted by atomic mass is 10.2. The van der Waals surface area contributed by atoms with Crippen molar-refractivity contribution in [3.8, 4) is 0 Å². The molecule has 1 atom stereocenters. The van der Waals surface area contributed by atoms with Crippen LogP contribution in [0.5, 0.6) is 0 Å². The summed E-state index contributed by atoms with van der Waals surface area (Å²) in [5, 5.41) is 2.64. The number of carbonyl (C=O) groups is 1. The lowest BCUT2D eigenvalue weighted by Gasteiger charge is -2.07. The smallest absolute Gasteiger partial charge is 0.252 e. The molecule has 0 aliphatic carbocycles. The normalized spacial score (nSPS) is 12.2. The molecule has 76 valence electrons. The summed E-state index contributed by atoms with van der Waals surface area (Å²) < 4.78 is 0.680. The van der Waals surface area contributed by atoms with E-state index in [1.54, 1.807) is 18.5 Å². The van der Waals surface area contributed by atoms with Gasteiger partial charge in [-0.3, -0.25) is 9.78 Å². The highest BCUT2D eigenvalue weighted by atomic mass is 79.9. The standard InChI is InChI=1S/C9H10BrClN2O/c1-6(11)4-13-9(14)7-2-3-12-5-8(7)10/h2-3,5-6H,4H2,1H3,(H,13,14). The van der Waals surface area contributed by atoms with Crippen molar-refractivity contribution in [2.24, 2.45) is 0 Å². The second kappa shape index (κ2) is 5.32. The lowest BCUT2D eigenvalue weighted by Crippen LogP contribution is -2.28. The molecule has 1 heterocycles. The SMILES string of the molecule is CC(Cl)CNC(=O)c1ccncc1Br. The lowest BCUT2D eigenvalue weighted by molar-refractivity contribution is 0.0953. The molecule has 1 N–H and O–H groups in total. The number of nitrogens with zero attached hydrogens (tertiary/aromatic N) is 1. The van der Waals surface area contributed by atoms with E-state index in [2.05, 4.69) is 26.2 Å². The third-order valence-corrected chi connectivity index (χ3v) is 2.35. The van der Waals surface area contributed by atoms with Crippen LogP contribution in [0.4, 0.5) is 0 Å². The Morgan fingerprint density at radius 2 is 2.50 bits per heavy atom. The summed E-state index contributed by atoms with van der Waals surface area (Å²) in [4.78, 5) is 15.4. The Kier molecular flexibility index (Phi) is 4.35. The fraction of sp³-hybridized carbons (Fsp3) is 0.333. The van der Waals surface area contributed by atoms with Crippen LogP contribution in [0.25, 0.3) is 0 Å². The third kappa shape index (κ3) is 3.27. The number of hydrogen-bond acceptors (Lipinski definition) is 2. The van der Waals surface area contributed by atoms with Gasteiger partial charge in [-0.15, -0.1) is 11.6 Å². The first kappa shape index (κ1) is 11.5. The number of alkyl halides is 1. The second-order valence-corrected chi connectivity index (χ2v) is 4.45. The molecule has 0 saturated carbocycles. The van der Waals surface area contributed by atoms with Crippen LogP contribution < -0.4 is 5.32 Å². The first-order chi connectivity index (χ1) is 6.61. The Hall–Kier alpha value is -0.610. The average molecular weight is 278 g/mol. The maximum absolute atomic E-state index is 11.5. The minimum Gasteiger partial charge on any atom is -0.351 e. The molecule has 1 unspecified atom stereocenters. The molecule has 0 aromatic carbocycles. The zero-order chi connectivity index (χ0) is 10.6. The average Bonchev–Trinajstić information content (AvgIpc) is 2.15. The Morgan fingerprint density at radius 3 is 3.07 bits per heavy atom. The molecule has 0 radical (unpaired) electrons. The number of carbonyl (C=O) groups excluding carboxylic acids is 1. The number of pyridine rings is 1. The van der Waals surface area contributed by atoms with E-state index in [-0.39, 0.29) is 11.3 Å². The van der Waals surface area contributed by atoms with Gasteiger partial charge in [-0.1, -0.05) is 0 Å². The summed E-state index contributed by atoms with van der Waals surface area (Å²) in [7, 11) is 0. The van der Waals surface area contributed by atoms with E-state index in [0.717, 1.165) is 0 Å². The van der Waals surface area contributed by atoms with Gasteiger partial charge in [0, 0.05) is 28.8 Å². The number of hydrogen-bond donors (Lipinski definition) is 1. The van der Waals surface area contributed by atoms with Crippen molar-refractivity contribution in [3.63, 3.8) is 0 Å². The van der Waals surface area contributed by atoms with Crippen molar-refractivity contribution in [1.29, 1.82) is 0 Å². The third-order valence-electron chi connectivity index (χ3n) is 1.56. The van der Waals surface area contributed by atoms with Gasteiger partial charge in [-0.25, -0.2) is 0 Å². The Bertz CT molecular complexity index is 330. The molecule has 1 rings (SSSR count). The fourth-order valence-electron chi connectivity index (χ4n) is 0.888. The van der Waals surface area contributed by atoms with Gasteiger partial charge in [0.05, 0.1) is 5.56 Å². The molecule has 0 fully saturated rings. The highest BCUT2D eigenvalue weighted by molar-refractivity contribution is 9.10. The molecule has 1 amide bonds. The first-order valence-electron chi connectivity index (χ1n) is 4.13. The van der Waals surface area contributed by atoms with Gasteiger partial charge in [-0.2, -0.15) is 0 Å². The fourth-order valence-corrected chi connectivity index (χ4v) is 1.40. The van der Waals surface area contributed by atoms with Crippen molar-refractivity contribution >= 4 is 33.4 Å². The highest BCUT2D eigenvalue weighted by Crippen LogP contribution is 2.13. The van der Waals surface area contributed by atoms with Crippen molar-refractivity contribution in [2.45, 2.75) is 12.3 Å². The second-order valence-electron chi connectivity index (χ2n) is 2.85. The molecule has 1 aromatic heterocycles. The zero-order valence-corrected chi connectivity index (χ0v) is 9.97. The minimum atomic E-state index is -0.147. The largest absolute Gasteiger partial charge is 0.351 e. The van der Waals surface area contributed by atoms with E-state index in [1.165, 1.54) is 0 Å². The summed E-state index contributed by atoms with van der Waals surface area (Å²) in [6.45, 7) is 2.28. The maximum Gasteiger partial charge on any atom is 0.252 e. The van der Waals surface area contributed by atoms with E-state index in [4.69, 9.17) is 11.6 Å². The number of halogens is 2. The van der Waals surface area contributed by atoms with Crippen molar-refractivity contribution in [1.82, 2.24) is 10.3 Å². The van der Waals surface area contributed by atoms with Gasteiger partial charge in [0.2, 0.25) is 0 Å². The van der Waals surface area contributed by atoms with Gasteiger partial charge in [0.15, 0.2) is 0 Å². The molecule has 0 aliphatic rings. The summed E-state index contributed by atoms with van der Waals surface area (Å²) >= 11 is 8.96. The van der Waals surface area contributed by atoms with Crippen LogP contribution >= 0.6 is 27.5 Å². The Labute approximate surface area is 96.0 Å². The first-order valence-corrected chi connectivity index (χ1v) is 5.36. The van der Waals surface area contributed by atoms with E-state index < -0.39 is 0 Å². The predicted molar refractivity (Wildman–Crippen MR) is 59.6 cm³/mol. The predicted octanol–water partition coefficient (Wildman–Crippen LogP) is 2.20. The van der Waals surface area contributed by atoms with Gasteiger partial charge >= 0.3 is 0 Å². The summed E-state index contributed by atoms with van der Waals surface area (Å²) in [5.74, 6) is -0.147. The summed E-state index contributed by atoms with van der Waals surface area (Å²) in [6, 6.07) is 1.65. The number of amides is 1. The monoisotopic (exact) mass is 276 g/mol. The van der Waals surface area contributed by atoms with Crippen molar-refractivity contribution in [3.05, 3.63) is 28.5 Å². The van der Waals surface area contributed by atoms with Gasteiger partial charge in [-0.05, 0) is 28.9 Å². The number of aromatic nitrogens is 1. The van der Waals surface area contributed by atoms with E-state index in [1.807, 2.05) is 6.92 Å². The van der Waals surface area contributed by atoms with Gasteiger partial charge in [0.1, 0.15) is 0 Å². The van der Waals surface area contributed by atoms with Crippen LogP contribution in [-0.4, -0.2) is 22.8 Å². The molecule has 0 saturated heterocycles. The number of rotatable bonds is 3. The molecule has 0 spiro atoms.